The summed E-state index contributed by atoms with van der Waals surface area (Å²) in [5, 5.41) is 9.26. The zero-order chi connectivity index (χ0) is 18.3. The first-order valence-corrected chi connectivity index (χ1v) is 8.51. The lowest BCUT2D eigenvalue weighted by Crippen LogP contribution is -2.47. The topological polar surface area (TPSA) is 84.0 Å². The van der Waals surface area contributed by atoms with E-state index in [1.807, 2.05) is 45.0 Å². The van der Waals surface area contributed by atoms with Crippen LogP contribution in [0.1, 0.15) is 20.8 Å². The molecule has 0 spiro atoms. The number of hydrogen-bond acceptors (Lipinski definition) is 4. The normalized spacial score (nSPS) is 17.0. The minimum Gasteiger partial charge on any atom is -0.486 e. The molecule has 1 aromatic rings. The molecule has 1 aliphatic rings. The second-order valence-corrected chi connectivity index (χ2v) is 6.88. The molecule has 1 aliphatic heterocycles. The average molecular weight is 348 g/mol. The molecule has 25 heavy (non-hydrogen) atoms. The number of aliphatic imine (C=N–C) groups is 1. The van der Waals surface area contributed by atoms with E-state index in [9.17, 15) is 4.79 Å². The summed E-state index contributed by atoms with van der Waals surface area (Å²) in [6.07, 6.45) is -0.0888. The van der Waals surface area contributed by atoms with Gasteiger partial charge in [0.1, 0.15) is 12.7 Å². The lowest BCUT2D eigenvalue weighted by atomic mass is 9.96. The summed E-state index contributed by atoms with van der Waals surface area (Å²) in [6.45, 7) is 7.85. The van der Waals surface area contributed by atoms with Gasteiger partial charge in [-0.15, -0.1) is 0 Å². The smallest absolute Gasteiger partial charge is 0.225 e. The lowest BCUT2D eigenvalue weighted by Gasteiger charge is -2.27. The van der Waals surface area contributed by atoms with Crippen LogP contribution in [-0.4, -0.2) is 51.3 Å². The Morgan fingerprint density at radius 2 is 1.84 bits per heavy atom. The minimum absolute atomic E-state index is 0.0312. The summed E-state index contributed by atoms with van der Waals surface area (Å²) < 4.78 is 11.6. The molecule has 1 atom stereocenters. The second kappa shape index (κ2) is 8.60. The lowest BCUT2D eigenvalue weighted by molar-refractivity contribution is -0.128. The molecular formula is C18H28N4O3. The van der Waals surface area contributed by atoms with Gasteiger partial charge in [0.25, 0.3) is 0 Å². The largest absolute Gasteiger partial charge is 0.486 e. The van der Waals surface area contributed by atoms with Crippen LogP contribution in [0.25, 0.3) is 0 Å². The van der Waals surface area contributed by atoms with Crippen molar-refractivity contribution in [2.24, 2.45) is 10.4 Å². The Kier molecular flexibility index (Phi) is 6.50. The van der Waals surface area contributed by atoms with E-state index in [2.05, 4.69) is 20.9 Å². The summed E-state index contributed by atoms with van der Waals surface area (Å²) in [4.78, 5) is 16.0. The molecule has 3 N–H and O–H groups in total. The van der Waals surface area contributed by atoms with Crippen LogP contribution in [0.4, 0.5) is 0 Å². The highest BCUT2D eigenvalue weighted by Crippen LogP contribution is 2.30. The number of fused-ring (bicyclic) bond motifs is 1. The first-order valence-electron chi connectivity index (χ1n) is 8.51. The number of nitrogens with one attached hydrogen (secondary N) is 3. The average Bonchev–Trinajstić information content (AvgIpc) is 2.60. The van der Waals surface area contributed by atoms with Gasteiger partial charge in [0.2, 0.25) is 5.91 Å². The molecule has 1 heterocycles. The molecule has 1 aromatic carbocycles. The standard InChI is InChI=1S/C18H28N4O3/c1-18(2,3)16(23)20-9-10-21-17(19-4)22-11-13-12-24-14-7-5-6-8-15(14)25-13/h5-8,13H,9-12H2,1-4H3,(H,20,23)(H2,19,21,22). The van der Waals surface area contributed by atoms with E-state index in [1.54, 1.807) is 7.05 Å². The van der Waals surface area contributed by atoms with Crippen LogP contribution in [0.5, 0.6) is 11.5 Å². The fourth-order valence-corrected chi connectivity index (χ4v) is 2.22. The second-order valence-electron chi connectivity index (χ2n) is 6.88. The molecule has 0 saturated heterocycles. The van der Waals surface area contributed by atoms with Crippen molar-refractivity contribution >= 4 is 11.9 Å². The van der Waals surface area contributed by atoms with Gasteiger partial charge in [-0.25, -0.2) is 0 Å². The molecule has 0 bridgehead atoms. The predicted molar refractivity (Wildman–Crippen MR) is 98.2 cm³/mol. The predicted octanol–water partition coefficient (Wildman–Crippen LogP) is 1.15. The van der Waals surface area contributed by atoms with Gasteiger partial charge in [-0.3, -0.25) is 9.79 Å². The number of carbonyl (C=O) groups is 1. The number of nitrogens with zero attached hydrogens (tertiary/aromatic N) is 1. The van der Waals surface area contributed by atoms with Crippen LogP contribution >= 0.6 is 0 Å². The monoisotopic (exact) mass is 348 g/mol. The third-order valence-electron chi connectivity index (χ3n) is 3.67. The molecule has 7 heteroatoms. The summed E-state index contributed by atoms with van der Waals surface area (Å²) in [5.74, 6) is 2.22. The number of carbonyl (C=O) groups excluding carboxylic acids is 1. The van der Waals surface area contributed by atoms with Gasteiger partial charge < -0.3 is 25.4 Å². The van der Waals surface area contributed by atoms with Gasteiger partial charge in [-0.05, 0) is 12.1 Å². The zero-order valence-electron chi connectivity index (χ0n) is 15.4. The van der Waals surface area contributed by atoms with Crippen molar-refractivity contribution in [2.45, 2.75) is 26.9 Å². The molecular weight excluding hydrogens is 320 g/mol. The van der Waals surface area contributed by atoms with Gasteiger partial charge in [-0.2, -0.15) is 0 Å². The van der Waals surface area contributed by atoms with E-state index in [4.69, 9.17) is 9.47 Å². The molecule has 2 rings (SSSR count). The van der Waals surface area contributed by atoms with Crippen LogP contribution in [0.2, 0.25) is 0 Å². The Morgan fingerprint density at radius 3 is 2.52 bits per heavy atom. The maximum Gasteiger partial charge on any atom is 0.225 e. The summed E-state index contributed by atoms with van der Waals surface area (Å²) >= 11 is 0. The van der Waals surface area contributed by atoms with Crippen LogP contribution in [0.15, 0.2) is 29.3 Å². The molecule has 0 radical (unpaired) electrons. The molecule has 1 unspecified atom stereocenters. The summed E-state index contributed by atoms with van der Waals surface area (Å²) in [5.41, 5.74) is -0.380. The number of rotatable bonds is 5. The van der Waals surface area contributed by atoms with Crippen LogP contribution in [0, 0.1) is 5.41 Å². The Hall–Kier alpha value is -2.44. The Balaban J connectivity index is 1.68. The van der Waals surface area contributed by atoms with Crippen LogP contribution in [-0.2, 0) is 4.79 Å². The number of guanidine groups is 1. The third-order valence-corrected chi connectivity index (χ3v) is 3.67. The molecule has 0 saturated carbocycles. The van der Waals surface area contributed by atoms with Crippen molar-refractivity contribution in [3.05, 3.63) is 24.3 Å². The molecule has 1 amide bonds. The Bertz CT molecular complexity index is 611. The van der Waals surface area contributed by atoms with E-state index in [1.165, 1.54) is 0 Å². The first-order chi connectivity index (χ1) is 11.9. The number of para-hydroxylation sites is 2. The Labute approximate surface area is 149 Å². The van der Waals surface area contributed by atoms with Crippen molar-refractivity contribution < 1.29 is 14.3 Å². The van der Waals surface area contributed by atoms with Crippen molar-refractivity contribution in [3.63, 3.8) is 0 Å². The molecule has 0 aliphatic carbocycles. The van der Waals surface area contributed by atoms with E-state index < -0.39 is 0 Å². The van der Waals surface area contributed by atoms with Gasteiger partial charge in [-0.1, -0.05) is 32.9 Å². The van der Waals surface area contributed by atoms with Crippen molar-refractivity contribution in [1.29, 1.82) is 0 Å². The quantitative estimate of drug-likeness (QED) is 0.422. The summed E-state index contributed by atoms with van der Waals surface area (Å²) in [7, 11) is 1.70. The van der Waals surface area contributed by atoms with Crippen molar-refractivity contribution in [3.8, 4) is 11.5 Å². The van der Waals surface area contributed by atoms with Crippen molar-refractivity contribution in [1.82, 2.24) is 16.0 Å². The van der Waals surface area contributed by atoms with Crippen LogP contribution < -0.4 is 25.4 Å². The van der Waals surface area contributed by atoms with Crippen molar-refractivity contribution in [2.75, 3.05) is 33.3 Å². The highest BCUT2D eigenvalue weighted by atomic mass is 16.6. The third kappa shape index (κ3) is 5.85. The maximum absolute atomic E-state index is 11.8. The fraction of sp³-hybridized carbons (Fsp3) is 0.556. The van der Waals surface area contributed by atoms with E-state index in [0.29, 0.717) is 32.2 Å². The minimum atomic E-state index is -0.380. The van der Waals surface area contributed by atoms with E-state index >= 15 is 0 Å². The molecule has 7 nitrogen and oxygen atoms in total. The molecule has 0 fully saturated rings. The SMILES string of the molecule is CN=C(NCCNC(=O)C(C)(C)C)NCC1COc2ccccc2O1. The van der Waals surface area contributed by atoms with Gasteiger partial charge in [0.15, 0.2) is 17.5 Å². The van der Waals surface area contributed by atoms with Gasteiger partial charge in [0.05, 0.1) is 6.54 Å². The number of benzene rings is 1. The highest BCUT2D eigenvalue weighted by Gasteiger charge is 2.21. The number of hydrogen-bond donors (Lipinski definition) is 3. The Morgan fingerprint density at radius 1 is 1.16 bits per heavy atom. The van der Waals surface area contributed by atoms with Crippen LogP contribution in [0.3, 0.4) is 0 Å². The number of amides is 1. The number of ether oxygens (including phenoxy) is 2. The zero-order valence-corrected chi connectivity index (χ0v) is 15.4. The van der Waals surface area contributed by atoms with E-state index in [-0.39, 0.29) is 17.4 Å². The highest BCUT2D eigenvalue weighted by molar-refractivity contribution is 5.81. The van der Waals surface area contributed by atoms with Gasteiger partial charge in [0, 0.05) is 25.6 Å². The fourth-order valence-electron chi connectivity index (χ4n) is 2.22. The first kappa shape index (κ1) is 18.9. The molecule has 138 valence electrons. The molecule has 0 aromatic heterocycles. The maximum atomic E-state index is 11.8. The summed E-state index contributed by atoms with van der Waals surface area (Å²) in [6, 6.07) is 7.63. The van der Waals surface area contributed by atoms with Gasteiger partial charge >= 0.3 is 0 Å². The van der Waals surface area contributed by atoms with E-state index in [0.717, 1.165) is 11.5 Å².